The molecule has 0 spiro atoms. The largest absolute Gasteiger partial charge is 0.497 e. The highest BCUT2D eigenvalue weighted by Gasteiger charge is 2.26. The molecule has 0 N–H and O–H groups in total. The number of carbonyl (C=O) groups is 1. The lowest BCUT2D eigenvalue weighted by atomic mass is 10.0. The normalized spacial score (nSPS) is 11.2. The average molecular weight is 327 g/mol. The number of hydrogen-bond acceptors (Lipinski definition) is 3. The Labute approximate surface area is 143 Å². The summed E-state index contributed by atoms with van der Waals surface area (Å²) < 4.78 is 12.7. The molecule has 0 amide bonds. The van der Waals surface area contributed by atoms with Gasteiger partial charge in [0.05, 0.1) is 7.11 Å². The molecule has 0 unspecified atom stereocenters. The number of benzene rings is 1. The number of aromatic nitrogens is 1. The molecular formula is C20H25NO3. The highest BCUT2D eigenvalue weighted by Crippen LogP contribution is 2.32. The first kappa shape index (κ1) is 17.9. The maximum atomic E-state index is 12.8. The maximum Gasteiger partial charge on any atom is 0.356 e. The van der Waals surface area contributed by atoms with Crippen LogP contribution in [-0.2, 0) is 11.3 Å². The molecule has 2 aromatic rings. The molecule has 0 saturated carbocycles. The lowest BCUT2D eigenvalue weighted by Gasteiger charge is -2.21. The van der Waals surface area contributed by atoms with Crippen molar-refractivity contribution in [2.45, 2.75) is 39.8 Å². The van der Waals surface area contributed by atoms with Gasteiger partial charge in [-0.3, -0.25) is 0 Å². The Morgan fingerprint density at radius 1 is 1.25 bits per heavy atom. The van der Waals surface area contributed by atoms with Gasteiger partial charge in [0.25, 0.3) is 0 Å². The molecule has 24 heavy (non-hydrogen) atoms. The third-order valence-electron chi connectivity index (χ3n) is 3.56. The SMILES string of the molecule is C=CCn1cc(C)c(-c2ccc(OC)cc2)c1C(=O)OC(C)(C)C. The van der Waals surface area contributed by atoms with Crippen molar-refractivity contribution in [1.29, 1.82) is 0 Å². The van der Waals surface area contributed by atoms with Crippen molar-refractivity contribution in [3.8, 4) is 16.9 Å². The third-order valence-corrected chi connectivity index (χ3v) is 3.56. The summed E-state index contributed by atoms with van der Waals surface area (Å²) in [6, 6.07) is 7.68. The number of esters is 1. The van der Waals surface area contributed by atoms with Crippen LogP contribution in [0.1, 0.15) is 36.8 Å². The van der Waals surface area contributed by atoms with Gasteiger partial charge in [-0.25, -0.2) is 4.79 Å². The zero-order valence-corrected chi connectivity index (χ0v) is 15.1. The zero-order valence-electron chi connectivity index (χ0n) is 15.1. The maximum absolute atomic E-state index is 12.8. The minimum absolute atomic E-state index is 0.330. The van der Waals surface area contributed by atoms with Crippen LogP contribution >= 0.6 is 0 Å². The van der Waals surface area contributed by atoms with Crippen LogP contribution in [0.5, 0.6) is 5.75 Å². The first-order valence-electron chi connectivity index (χ1n) is 7.95. The Kier molecular flexibility index (Phi) is 5.17. The molecule has 128 valence electrons. The number of ether oxygens (including phenoxy) is 2. The van der Waals surface area contributed by atoms with Crippen LogP contribution in [0.2, 0.25) is 0 Å². The van der Waals surface area contributed by atoms with E-state index in [1.807, 2.05) is 62.7 Å². The molecule has 1 aromatic carbocycles. The van der Waals surface area contributed by atoms with Crippen LogP contribution in [-0.4, -0.2) is 23.2 Å². The smallest absolute Gasteiger partial charge is 0.356 e. The average Bonchev–Trinajstić information content (AvgIpc) is 2.82. The number of rotatable bonds is 5. The highest BCUT2D eigenvalue weighted by molar-refractivity contribution is 5.97. The molecule has 2 rings (SSSR count). The lowest BCUT2D eigenvalue weighted by Crippen LogP contribution is -2.25. The van der Waals surface area contributed by atoms with Crippen LogP contribution < -0.4 is 4.74 Å². The second-order valence-corrected chi connectivity index (χ2v) is 6.71. The van der Waals surface area contributed by atoms with E-state index < -0.39 is 5.60 Å². The molecule has 1 heterocycles. The molecule has 0 atom stereocenters. The predicted octanol–water partition coefficient (Wildman–Crippen LogP) is 4.61. The molecule has 0 bridgehead atoms. The highest BCUT2D eigenvalue weighted by atomic mass is 16.6. The Hall–Kier alpha value is -2.49. The van der Waals surface area contributed by atoms with E-state index >= 15 is 0 Å². The van der Waals surface area contributed by atoms with Crippen molar-refractivity contribution in [3.05, 3.63) is 54.4 Å². The molecule has 0 aliphatic rings. The summed E-state index contributed by atoms with van der Waals surface area (Å²) in [5.74, 6) is 0.448. The van der Waals surface area contributed by atoms with Gasteiger partial charge in [-0.05, 0) is 51.0 Å². The summed E-state index contributed by atoms with van der Waals surface area (Å²) in [4.78, 5) is 12.8. The van der Waals surface area contributed by atoms with Gasteiger partial charge < -0.3 is 14.0 Å². The van der Waals surface area contributed by atoms with Crippen LogP contribution in [0.3, 0.4) is 0 Å². The van der Waals surface area contributed by atoms with Crippen molar-refractivity contribution in [1.82, 2.24) is 4.57 Å². The molecule has 4 heteroatoms. The van der Waals surface area contributed by atoms with Crippen LogP contribution in [0.15, 0.2) is 43.1 Å². The van der Waals surface area contributed by atoms with Crippen LogP contribution in [0.25, 0.3) is 11.1 Å². The summed E-state index contributed by atoms with van der Waals surface area (Å²) in [6.07, 6.45) is 3.73. The number of methoxy groups -OCH3 is 1. The molecule has 0 saturated heterocycles. The summed E-state index contributed by atoms with van der Waals surface area (Å²) in [5.41, 5.74) is 2.85. The minimum atomic E-state index is -0.550. The van der Waals surface area contributed by atoms with Crippen molar-refractivity contribution in [3.63, 3.8) is 0 Å². The minimum Gasteiger partial charge on any atom is -0.497 e. The van der Waals surface area contributed by atoms with E-state index in [0.29, 0.717) is 12.2 Å². The van der Waals surface area contributed by atoms with Gasteiger partial charge in [-0.15, -0.1) is 6.58 Å². The second kappa shape index (κ2) is 6.95. The molecule has 0 aliphatic carbocycles. The van der Waals surface area contributed by atoms with E-state index in [9.17, 15) is 4.79 Å². The van der Waals surface area contributed by atoms with Gasteiger partial charge in [0.1, 0.15) is 17.0 Å². The van der Waals surface area contributed by atoms with Gasteiger partial charge in [-0.1, -0.05) is 18.2 Å². The molecular weight excluding hydrogens is 302 g/mol. The van der Waals surface area contributed by atoms with Gasteiger partial charge in [-0.2, -0.15) is 0 Å². The van der Waals surface area contributed by atoms with E-state index in [1.165, 1.54) is 0 Å². The fourth-order valence-electron chi connectivity index (χ4n) is 2.64. The van der Waals surface area contributed by atoms with Crippen LogP contribution in [0, 0.1) is 6.92 Å². The summed E-state index contributed by atoms with van der Waals surface area (Å²) in [5, 5.41) is 0. The molecule has 0 aliphatic heterocycles. The van der Waals surface area contributed by atoms with Crippen molar-refractivity contribution < 1.29 is 14.3 Å². The Morgan fingerprint density at radius 3 is 2.38 bits per heavy atom. The first-order chi connectivity index (χ1) is 11.3. The van der Waals surface area contributed by atoms with Gasteiger partial charge in [0.15, 0.2) is 0 Å². The molecule has 1 aromatic heterocycles. The quantitative estimate of drug-likeness (QED) is 0.594. The molecule has 4 nitrogen and oxygen atoms in total. The standard InChI is InChI=1S/C20H25NO3/c1-7-12-21-13-14(2)17(15-8-10-16(23-6)11-9-15)18(21)19(22)24-20(3,4)5/h7-11,13H,1,12H2,2-6H3. The van der Waals surface area contributed by atoms with Crippen molar-refractivity contribution in [2.75, 3.05) is 7.11 Å². The van der Waals surface area contributed by atoms with Gasteiger partial charge >= 0.3 is 5.97 Å². The number of aryl methyl sites for hydroxylation is 1. The van der Waals surface area contributed by atoms with Crippen molar-refractivity contribution >= 4 is 5.97 Å². The van der Waals surface area contributed by atoms with Crippen LogP contribution in [0.4, 0.5) is 0 Å². The number of hydrogen-bond donors (Lipinski definition) is 0. The fraction of sp³-hybridized carbons (Fsp3) is 0.350. The summed E-state index contributed by atoms with van der Waals surface area (Å²) >= 11 is 0. The predicted molar refractivity (Wildman–Crippen MR) is 96.5 cm³/mol. The van der Waals surface area contributed by atoms with Gasteiger partial charge in [0, 0.05) is 18.3 Å². The third kappa shape index (κ3) is 3.88. The number of allylic oxidation sites excluding steroid dienone is 1. The van der Waals surface area contributed by atoms with Gasteiger partial charge in [0.2, 0.25) is 0 Å². The zero-order chi connectivity index (χ0) is 17.9. The first-order valence-corrected chi connectivity index (χ1v) is 7.95. The van der Waals surface area contributed by atoms with E-state index in [4.69, 9.17) is 9.47 Å². The number of carbonyl (C=O) groups excluding carboxylic acids is 1. The summed E-state index contributed by atoms with van der Waals surface area (Å²) in [6.45, 7) is 11.9. The molecule has 0 radical (unpaired) electrons. The monoisotopic (exact) mass is 327 g/mol. The number of nitrogens with zero attached hydrogens (tertiary/aromatic N) is 1. The van der Waals surface area contributed by atoms with E-state index in [0.717, 1.165) is 22.4 Å². The lowest BCUT2D eigenvalue weighted by molar-refractivity contribution is 0.00593. The topological polar surface area (TPSA) is 40.5 Å². The summed E-state index contributed by atoms with van der Waals surface area (Å²) in [7, 11) is 1.63. The fourth-order valence-corrected chi connectivity index (χ4v) is 2.64. The molecule has 0 fully saturated rings. The van der Waals surface area contributed by atoms with E-state index in [2.05, 4.69) is 6.58 Å². The second-order valence-electron chi connectivity index (χ2n) is 6.71. The van der Waals surface area contributed by atoms with E-state index in [1.54, 1.807) is 13.2 Å². The van der Waals surface area contributed by atoms with E-state index in [-0.39, 0.29) is 5.97 Å². The van der Waals surface area contributed by atoms with Crippen molar-refractivity contribution in [2.24, 2.45) is 0 Å². The Morgan fingerprint density at radius 2 is 1.88 bits per heavy atom. The Balaban J connectivity index is 2.56. The Bertz CT molecular complexity index is 733.